The van der Waals surface area contributed by atoms with E-state index in [0.717, 1.165) is 44.1 Å². The van der Waals surface area contributed by atoms with Crippen molar-refractivity contribution >= 4 is 34.1 Å². The lowest BCUT2D eigenvalue weighted by molar-refractivity contribution is -0.138. The molecule has 0 radical (unpaired) electrons. The maximum atomic E-state index is 12.7. The van der Waals surface area contributed by atoms with Crippen LogP contribution >= 0.6 is 11.3 Å². The van der Waals surface area contributed by atoms with Gasteiger partial charge in [0.1, 0.15) is 5.00 Å². The number of amides is 2. The second-order valence-corrected chi connectivity index (χ2v) is 8.02. The molecule has 1 aromatic rings. The summed E-state index contributed by atoms with van der Waals surface area (Å²) in [5.41, 5.74) is 1.67. The lowest BCUT2D eigenvalue weighted by Gasteiger charge is -2.21. The number of thiophene rings is 1. The molecule has 2 aliphatic rings. The molecule has 1 fully saturated rings. The second kappa shape index (κ2) is 7.56. The fraction of sp³-hybridized carbons (Fsp3) is 0.611. The van der Waals surface area contributed by atoms with Crippen LogP contribution in [0, 0.1) is 5.92 Å². The smallest absolute Gasteiger partial charge is 0.303 e. The number of carbonyl (C=O) groups is 3. The first-order valence-electron chi connectivity index (χ1n) is 8.95. The number of carbonyl (C=O) groups excluding carboxylic acids is 2. The first-order valence-corrected chi connectivity index (χ1v) is 9.76. The number of carboxylic acid groups (broad SMARTS) is 1. The Morgan fingerprint density at radius 1 is 1.20 bits per heavy atom. The van der Waals surface area contributed by atoms with Crippen LogP contribution in [0.15, 0.2) is 0 Å². The summed E-state index contributed by atoms with van der Waals surface area (Å²) in [4.78, 5) is 36.6. The van der Waals surface area contributed by atoms with Crippen LogP contribution in [0.5, 0.6) is 0 Å². The zero-order valence-corrected chi connectivity index (χ0v) is 15.2. The summed E-state index contributed by atoms with van der Waals surface area (Å²) in [5.74, 6) is -0.837. The predicted molar refractivity (Wildman–Crippen MR) is 96.1 cm³/mol. The van der Waals surface area contributed by atoms with E-state index in [-0.39, 0.29) is 30.7 Å². The van der Waals surface area contributed by atoms with Gasteiger partial charge in [-0.2, -0.15) is 0 Å². The Morgan fingerprint density at radius 2 is 1.96 bits per heavy atom. The van der Waals surface area contributed by atoms with Crippen LogP contribution in [-0.2, 0) is 22.4 Å². The molecule has 2 amide bonds. The molecular formula is C18H24N2O4S. The van der Waals surface area contributed by atoms with Gasteiger partial charge in [-0.1, -0.05) is 13.3 Å². The molecule has 6 nitrogen and oxygen atoms in total. The molecule has 0 unspecified atom stereocenters. The Labute approximate surface area is 151 Å². The maximum Gasteiger partial charge on any atom is 0.303 e. The Morgan fingerprint density at radius 3 is 2.60 bits per heavy atom. The van der Waals surface area contributed by atoms with Crippen LogP contribution in [0.25, 0.3) is 0 Å². The molecule has 3 N–H and O–H groups in total. The third-order valence-electron chi connectivity index (χ3n) is 4.90. The lowest BCUT2D eigenvalue weighted by Crippen LogP contribution is -2.28. The molecular weight excluding hydrogens is 340 g/mol. The summed E-state index contributed by atoms with van der Waals surface area (Å²) in [6, 6.07) is 0.255. The Kier molecular flexibility index (Phi) is 5.42. The summed E-state index contributed by atoms with van der Waals surface area (Å²) in [7, 11) is 0. The number of fused-ring (bicyclic) bond motifs is 1. The normalized spacial score (nSPS) is 19.2. The molecule has 3 rings (SSSR count). The highest BCUT2D eigenvalue weighted by molar-refractivity contribution is 7.17. The molecule has 0 aromatic carbocycles. The SMILES string of the molecule is CC[C@@H]1CCc2c(sc(NC(=O)CCC(=O)O)c2C(=O)NC2CC2)C1. The van der Waals surface area contributed by atoms with Gasteiger partial charge in [0.2, 0.25) is 5.91 Å². The standard InChI is InChI=1S/C18H24N2O4S/c1-2-10-3-6-12-13(9-10)25-18(20-14(21)7-8-15(22)23)16(12)17(24)19-11-4-5-11/h10-11H,2-9H2,1H3,(H,19,24)(H,20,21)(H,22,23)/t10-/m1/s1. The second-order valence-electron chi connectivity index (χ2n) is 6.91. The van der Waals surface area contributed by atoms with Crippen molar-refractivity contribution in [3.8, 4) is 0 Å². The van der Waals surface area contributed by atoms with Crippen LogP contribution < -0.4 is 10.6 Å². The fourth-order valence-corrected chi connectivity index (χ4v) is 4.60. The number of hydrogen-bond donors (Lipinski definition) is 3. The zero-order chi connectivity index (χ0) is 18.0. The number of anilines is 1. The minimum absolute atomic E-state index is 0.0842. The van der Waals surface area contributed by atoms with Crippen molar-refractivity contribution in [1.29, 1.82) is 0 Å². The van der Waals surface area contributed by atoms with Crippen LogP contribution in [0.4, 0.5) is 5.00 Å². The molecule has 25 heavy (non-hydrogen) atoms. The minimum atomic E-state index is -1.00. The molecule has 136 valence electrons. The Balaban J connectivity index is 1.82. The van der Waals surface area contributed by atoms with Gasteiger partial charge in [-0.05, 0) is 43.6 Å². The monoisotopic (exact) mass is 364 g/mol. The minimum Gasteiger partial charge on any atom is -0.481 e. The third-order valence-corrected chi connectivity index (χ3v) is 6.07. The van der Waals surface area contributed by atoms with Crippen LogP contribution in [0.3, 0.4) is 0 Å². The molecule has 0 saturated heterocycles. The molecule has 0 spiro atoms. The van der Waals surface area contributed by atoms with Crippen LogP contribution in [0.2, 0.25) is 0 Å². The van der Waals surface area contributed by atoms with Gasteiger partial charge in [0, 0.05) is 17.3 Å². The molecule has 1 saturated carbocycles. The van der Waals surface area contributed by atoms with E-state index < -0.39 is 5.97 Å². The summed E-state index contributed by atoms with van der Waals surface area (Å²) in [6.07, 6.45) is 5.72. The number of aliphatic carboxylic acids is 1. The number of nitrogens with one attached hydrogen (secondary N) is 2. The third kappa shape index (κ3) is 4.39. The van der Waals surface area contributed by atoms with Crippen molar-refractivity contribution in [2.45, 2.75) is 64.3 Å². The van der Waals surface area contributed by atoms with Crippen LogP contribution in [-0.4, -0.2) is 28.9 Å². The summed E-state index contributed by atoms with van der Waals surface area (Å²) >= 11 is 1.48. The van der Waals surface area contributed by atoms with Gasteiger partial charge in [-0.15, -0.1) is 11.3 Å². The van der Waals surface area contributed by atoms with Gasteiger partial charge in [0.25, 0.3) is 5.91 Å². The van der Waals surface area contributed by atoms with E-state index in [1.807, 2.05) is 0 Å². The van der Waals surface area contributed by atoms with Gasteiger partial charge in [0.05, 0.1) is 12.0 Å². The lowest BCUT2D eigenvalue weighted by atomic mass is 9.85. The summed E-state index contributed by atoms with van der Waals surface area (Å²) in [6.45, 7) is 2.18. The number of hydrogen-bond acceptors (Lipinski definition) is 4. The van der Waals surface area contributed by atoms with Crippen molar-refractivity contribution in [2.24, 2.45) is 5.92 Å². The Hall–Kier alpha value is -1.89. The van der Waals surface area contributed by atoms with E-state index in [1.165, 1.54) is 16.2 Å². The highest BCUT2D eigenvalue weighted by Gasteiger charge is 2.31. The highest BCUT2D eigenvalue weighted by atomic mass is 32.1. The van der Waals surface area contributed by atoms with Gasteiger partial charge in [0.15, 0.2) is 0 Å². The van der Waals surface area contributed by atoms with Crippen molar-refractivity contribution in [1.82, 2.24) is 5.32 Å². The van der Waals surface area contributed by atoms with E-state index in [1.54, 1.807) is 0 Å². The number of carboxylic acids is 1. The average molecular weight is 364 g/mol. The van der Waals surface area contributed by atoms with Crippen molar-refractivity contribution in [3.05, 3.63) is 16.0 Å². The van der Waals surface area contributed by atoms with Gasteiger partial charge < -0.3 is 15.7 Å². The van der Waals surface area contributed by atoms with Gasteiger partial charge in [-0.3, -0.25) is 14.4 Å². The zero-order valence-electron chi connectivity index (χ0n) is 14.4. The predicted octanol–water partition coefficient (Wildman–Crippen LogP) is 2.96. The van der Waals surface area contributed by atoms with Crippen LogP contribution in [0.1, 0.15) is 66.2 Å². The molecule has 1 atom stereocenters. The summed E-state index contributed by atoms with van der Waals surface area (Å²) < 4.78 is 0. The molecule has 7 heteroatoms. The van der Waals surface area contributed by atoms with E-state index in [0.29, 0.717) is 16.5 Å². The molecule has 0 bridgehead atoms. The maximum absolute atomic E-state index is 12.7. The largest absolute Gasteiger partial charge is 0.481 e. The van der Waals surface area contributed by atoms with E-state index in [9.17, 15) is 14.4 Å². The highest BCUT2D eigenvalue weighted by Crippen LogP contribution is 2.40. The molecule has 1 heterocycles. The molecule has 2 aliphatic carbocycles. The van der Waals surface area contributed by atoms with Crippen molar-refractivity contribution in [2.75, 3.05) is 5.32 Å². The first-order chi connectivity index (χ1) is 12.0. The van der Waals surface area contributed by atoms with E-state index >= 15 is 0 Å². The quantitative estimate of drug-likeness (QED) is 0.693. The fourth-order valence-electron chi connectivity index (χ4n) is 3.23. The van der Waals surface area contributed by atoms with Crippen molar-refractivity contribution in [3.63, 3.8) is 0 Å². The number of rotatable bonds is 7. The van der Waals surface area contributed by atoms with E-state index in [2.05, 4.69) is 17.6 Å². The van der Waals surface area contributed by atoms with Crippen molar-refractivity contribution < 1.29 is 19.5 Å². The van der Waals surface area contributed by atoms with Gasteiger partial charge in [-0.25, -0.2) is 0 Å². The summed E-state index contributed by atoms with van der Waals surface area (Å²) in [5, 5.41) is 15.1. The first kappa shape index (κ1) is 17.9. The Bertz CT molecular complexity index is 693. The topological polar surface area (TPSA) is 95.5 Å². The molecule has 0 aliphatic heterocycles. The van der Waals surface area contributed by atoms with E-state index in [4.69, 9.17) is 5.11 Å². The molecule has 1 aromatic heterocycles. The van der Waals surface area contributed by atoms with Gasteiger partial charge >= 0.3 is 5.97 Å². The average Bonchev–Trinajstić information content (AvgIpc) is 3.31.